The maximum Gasteiger partial charge on any atom is 0.128 e. The van der Waals surface area contributed by atoms with Crippen molar-refractivity contribution in [3.8, 4) is 34.5 Å². The van der Waals surface area contributed by atoms with Gasteiger partial charge in [-0.25, -0.2) is 0 Å². The van der Waals surface area contributed by atoms with Crippen molar-refractivity contribution in [2.75, 3.05) is 13.2 Å². The Hall–Kier alpha value is -4.40. The Morgan fingerprint density at radius 1 is 0.474 bits per heavy atom. The molecule has 4 aromatic carbocycles. The third-order valence-corrected chi connectivity index (χ3v) is 6.87. The van der Waals surface area contributed by atoms with E-state index < -0.39 is 12.2 Å². The molecular formula is C30H28O8. The van der Waals surface area contributed by atoms with E-state index in [0.29, 0.717) is 35.8 Å². The van der Waals surface area contributed by atoms with E-state index in [9.17, 15) is 30.6 Å². The molecule has 0 saturated heterocycles. The Kier molecular flexibility index (Phi) is 7.00. The third-order valence-electron chi connectivity index (χ3n) is 6.87. The predicted octanol–water partition coefficient (Wildman–Crippen LogP) is 4.61. The lowest BCUT2D eigenvalue weighted by Gasteiger charge is -2.30. The first-order valence-corrected chi connectivity index (χ1v) is 12.2. The van der Waals surface area contributed by atoms with Crippen LogP contribution in [0.15, 0.2) is 84.9 Å². The van der Waals surface area contributed by atoms with Gasteiger partial charge < -0.3 is 40.1 Å². The fraction of sp³-hybridized carbons (Fsp3) is 0.200. The van der Waals surface area contributed by atoms with Crippen molar-refractivity contribution >= 4 is 0 Å². The van der Waals surface area contributed by atoms with Crippen molar-refractivity contribution < 1.29 is 40.1 Å². The molecule has 8 nitrogen and oxygen atoms in total. The van der Waals surface area contributed by atoms with Crippen molar-refractivity contribution in [1.82, 2.24) is 0 Å². The number of aliphatic hydroxyl groups is 2. The lowest BCUT2D eigenvalue weighted by Crippen LogP contribution is -2.24. The van der Waals surface area contributed by atoms with Crippen LogP contribution in [-0.2, 0) is 0 Å². The van der Waals surface area contributed by atoms with E-state index in [2.05, 4.69) is 0 Å². The lowest BCUT2D eigenvalue weighted by atomic mass is 9.87. The van der Waals surface area contributed by atoms with Gasteiger partial charge >= 0.3 is 0 Å². The molecule has 0 unspecified atom stereocenters. The highest BCUT2D eigenvalue weighted by Crippen LogP contribution is 2.43. The number of fused-ring (bicyclic) bond motifs is 2. The summed E-state index contributed by atoms with van der Waals surface area (Å²) in [7, 11) is 0. The van der Waals surface area contributed by atoms with Gasteiger partial charge in [0.1, 0.15) is 34.5 Å². The SMILES string of the molecule is Oc1ccc([C@@H]2COc3cc(O)ccc3[C@H]2O)cc1.Oc1ccc([C@@H]2COc3cc(O)ccc3[C@H]2O)cc1. The number of rotatable bonds is 2. The monoisotopic (exact) mass is 516 g/mol. The summed E-state index contributed by atoms with van der Waals surface area (Å²) in [6.45, 7) is 0.671. The second kappa shape index (κ2) is 10.5. The summed E-state index contributed by atoms with van der Waals surface area (Å²) in [4.78, 5) is 0. The van der Waals surface area contributed by atoms with Crippen molar-refractivity contribution in [3.05, 3.63) is 107 Å². The van der Waals surface area contributed by atoms with Crippen LogP contribution in [0.2, 0.25) is 0 Å². The minimum Gasteiger partial charge on any atom is -0.508 e. The summed E-state index contributed by atoms with van der Waals surface area (Å²) < 4.78 is 11.2. The van der Waals surface area contributed by atoms with Gasteiger partial charge in [-0.3, -0.25) is 0 Å². The van der Waals surface area contributed by atoms with Crippen LogP contribution >= 0.6 is 0 Å². The van der Waals surface area contributed by atoms with Crippen LogP contribution in [0.3, 0.4) is 0 Å². The van der Waals surface area contributed by atoms with Crippen LogP contribution in [0.4, 0.5) is 0 Å². The number of phenolic OH excluding ortho intramolecular Hbond substituents is 4. The lowest BCUT2D eigenvalue weighted by molar-refractivity contribution is 0.0884. The highest BCUT2D eigenvalue weighted by molar-refractivity contribution is 5.46. The third kappa shape index (κ3) is 5.18. The summed E-state index contributed by atoms with van der Waals surface area (Å²) in [6, 6.07) is 22.9. The molecule has 2 aliphatic rings. The van der Waals surface area contributed by atoms with Crippen LogP contribution in [-0.4, -0.2) is 43.9 Å². The van der Waals surface area contributed by atoms with E-state index in [1.807, 2.05) is 0 Å². The molecule has 0 radical (unpaired) electrons. The van der Waals surface area contributed by atoms with Gasteiger partial charge in [0.15, 0.2) is 0 Å². The number of hydrogen-bond donors (Lipinski definition) is 6. The molecule has 6 N–H and O–H groups in total. The van der Waals surface area contributed by atoms with E-state index >= 15 is 0 Å². The van der Waals surface area contributed by atoms with Gasteiger partial charge in [-0.1, -0.05) is 24.3 Å². The maximum atomic E-state index is 10.4. The van der Waals surface area contributed by atoms with Gasteiger partial charge in [-0.15, -0.1) is 0 Å². The van der Waals surface area contributed by atoms with Gasteiger partial charge in [0.25, 0.3) is 0 Å². The van der Waals surface area contributed by atoms with Crippen molar-refractivity contribution in [3.63, 3.8) is 0 Å². The van der Waals surface area contributed by atoms with Gasteiger partial charge in [0, 0.05) is 35.1 Å². The Morgan fingerprint density at radius 3 is 1.18 bits per heavy atom. The van der Waals surface area contributed by atoms with Crippen molar-refractivity contribution in [1.29, 1.82) is 0 Å². The van der Waals surface area contributed by atoms with Gasteiger partial charge in [0.05, 0.1) is 25.4 Å². The molecule has 0 aliphatic carbocycles. The molecule has 0 spiro atoms. The molecule has 0 bridgehead atoms. The molecule has 4 atom stereocenters. The molecule has 2 heterocycles. The largest absolute Gasteiger partial charge is 0.508 e. The van der Waals surface area contributed by atoms with Crippen molar-refractivity contribution in [2.45, 2.75) is 24.0 Å². The molecule has 0 aromatic heterocycles. The van der Waals surface area contributed by atoms with Gasteiger partial charge in [0.2, 0.25) is 0 Å². The Morgan fingerprint density at radius 2 is 0.816 bits per heavy atom. The number of hydrogen-bond acceptors (Lipinski definition) is 8. The molecule has 0 amide bonds. The van der Waals surface area contributed by atoms with E-state index in [-0.39, 0.29) is 34.8 Å². The summed E-state index contributed by atoms with van der Waals surface area (Å²) in [5, 5.41) is 58.2. The van der Waals surface area contributed by atoms with E-state index in [1.165, 1.54) is 24.3 Å². The zero-order valence-corrected chi connectivity index (χ0v) is 20.3. The number of ether oxygens (including phenoxy) is 2. The molecule has 0 fully saturated rings. The average molecular weight is 517 g/mol. The molecule has 38 heavy (non-hydrogen) atoms. The summed E-state index contributed by atoms with van der Waals surface area (Å²) in [5.74, 6) is 1.30. The van der Waals surface area contributed by atoms with Crippen LogP contribution in [0.1, 0.15) is 46.3 Å². The van der Waals surface area contributed by atoms with E-state index in [0.717, 1.165) is 11.1 Å². The minimum absolute atomic E-state index is 0.119. The highest BCUT2D eigenvalue weighted by atomic mass is 16.5. The second-order valence-corrected chi connectivity index (χ2v) is 9.35. The second-order valence-electron chi connectivity index (χ2n) is 9.35. The van der Waals surface area contributed by atoms with E-state index in [4.69, 9.17) is 9.47 Å². The summed E-state index contributed by atoms with van der Waals surface area (Å²) in [6.07, 6.45) is -1.37. The Labute approximate surface area is 219 Å². The first-order valence-electron chi connectivity index (χ1n) is 12.2. The fourth-order valence-corrected chi connectivity index (χ4v) is 4.76. The number of aromatic hydroxyl groups is 4. The minimum atomic E-state index is -0.686. The van der Waals surface area contributed by atoms with Gasteiger partial charge in [-0.2, -0.15) is 0 Å². The average Bonchev–Trinajstić information content (AvgIpc) is 2.91. The number of aliphatic hydroxyl groups excluding tert-OH is 2. The molecule has 8 heteroatoms. The zero-order valence-electron chi connectivity index (χ0n) is 20.3. The summed E-state index contributed by atoms with van der Waals surface area (Å²) >= 11 is 0. The smallest absolute Gasteiger partial charge is 0.128 e. The predicted molar refractivity (Wildman–Crippen MR) is 139 cm³/mol. The quantitative estimate of drug-likeness (QED) is 0.227. The molecular weight excluding hydrogens is 488 g/mol. The molecule has 6 rings (SSSR count). The first kappa shape index (κ1) is 25.3. The molecule has 0 saturated carbocycles. The molecule has 4 aromatic rings. The Bertz CT molecular complexity index is 1290. The van der Waals surface area contributed by atoms with Crippen LogP contribution in [0.5, 0.6) is 34.5 Å². The topological polar surface area (TPSA) is 140 Å². The standard InChI is InChI=1S/2C15H14O4/c2*16-10-3-1-9(2-4-10)13-8-19-14-7-11(17)5-6-12(14)15(13)18/h2*1-7,13,15-18H,8H2/t2*13-,15+/m00/s1. The molecule has 196 valence electrons. The van der Waals surface area contributed by atoms with Gasteiger partial charge in [-0.05, 0) is 59.7 Å². The molecule has 2 aliphatic heterocycles. The van der Waals surface area contributed by atoms with Crippen LogP contribution in [0.25, 0.3) is 0 Å². The summed E-state index contributed by atoms with van der Waals surface area (Å²) in [5.41, 5.74) is 3.15. The van der Waals surface area contributed by atoms with Crippen molar-refractivity contribution in [2.24, 2.45) is 0 Å². The normalized spacial score (nSPS) is 21.5. The Balaban J connectivity index is 0.000000155. The number of benzene rings is 4. The number of phenols is 4. The van der Waals surface area contributed by atoms with Crippen LogP contribution < -0.4 is 9.47 Å². The van der Waals surface area contributed by atoms with Crippen LogP contribution in [0, 0.1) is 0 Å². The van der Waals surface area contributed by atoms with E-state index in [1.54, 1.807) is 60.7 Å². The fourth-order valence-electron chi connectivity index (χ4n) is 4.76. The maximum absolute atomic E-state index is 10.4. The highest BCUT2D eigenvalue weighted by Gasteiger charge is 2.32. The zero-order chi connectivity index (χ0) is 26.8. The first-order chi connectivity index (χ1) is 18.3.